The van der Waals surface area contributed by atoms with Gasteiger partial charge in [0.2, 0.25) is 5.84 Å². The van der Waals surface area contributed by atoms with E-state index < -0.39 is 23.9 Å². The van der Waals surface area contributed by atoms with E-state index in [0.717, 1.165) is 18.2 Å². The number of benzene rings is 1. The van der Waals surface area contributed by atoms with Gasteiger partial charge in [0.1, 0.15) is 0 Å². The summed E-state index contributed by atoms with van der Waals surface area (Å²) >= 11 is 6.02. The van der Waals surface area contributed by atoms with Crippen LogP contribution >= 0.6 is 23.4 Å². The Morgan fingerprint density at radius 3 is 2.30 bits per heavy atom. The van der Waals surface area contributed by atoms with Crippen molar-refractivity contribution in [3.8, 4) is 0 Å². The summed E-state index contributed by atoms with van der Waals surface area (Å²) in [5.41, 5.74) is 4.49. The number of amidine groups is 1. The molecular weight excluding hydrogens is 330 g/mol. The van der Waals surface area contributed by atoms with Gasteiger partial charge in [0, 0.05) is 4.90 Å². The first-order valence-corrected chi connectivity index (χ1v) is 6.26. The Balaban J connectivity index is 2.97. The number of nitrogens with two attached hydrogens (primary N) is 1. The third kappa shape index (κ3) is 5.49. The lowest BCUT2D eigenvalue weighted by atomic mass is 10.3. The molecule has 0 aliphatic carbocycles. The van der Waals surface area contributed by atoms with E-state index in [9.17, 15) is 26.3 Å². The molecule has 0 heterocycles. The minimum atomic E-state index is -4.81. The second-order valence-electron chi connectivity index (χ2n) is 3.51. The zero-order valence-corrected chi connectivity index (χ0v) is 11.1. The van der Waals surface area contributed by atoms with Crippen molar-refractivity contribution in [1.29, 1.82) is 0 Å². The smallest absolute Gasteiger partial charge is 0.380 e. The summed E-state index contributed by atoms with van der Waals surface area (Å²) in [5, 5.41) is -0.0104. The first kappa shape index (κ1) is 17.0. The van der Waals surface area contributed by atoms with Gasteiger partial charge in [0.25, 0.3) is 0 Å². The van der Waals surface area contributed by atoms with Gasteiger partial charge in [-0.1, -0.05) is 11.6 Å². The lowest BCUT2D eigenvalue weighted by Crippen LogP contribution is -2.30. The van der Waals surface area contributed by atoms with Crippen molar-refractivity contribution in [2.24, 2.45) is 10.7 Å². The van der Waals surface area contributed by atoms with Gasteiger partial charge in [-0.05, 0) is 18.2 Å². The third-order valence-corrected chi connectivity index (χ3v) is 3.41. The maximum Gasteiger partial charge on any atom is 0.448 e. The normalized spacial score (nSPS) is 13.7. The molecule has 0 saturated heterocycles. The molecule has 0 radical (unpaired) electrons. The second-order valence-corrected chi connectivity index (χ2v) is 4.94. The first-order valence-electron chi connectivity index (χ1n) is 4.89. The van der Waals surface area contributed by atoms with E-state index >= 15 is 0 Å². The maximum atomic E-state index is 12.2. The number of alkyl halides is 6. The van der Waals surface area contributed by atoms with Gasteiger partial charge >= 0.3 is 12.4 Å². The van der Waals surface area contributed by atoms with E-state index in [1.165, 1.54) is 0 Å². The van der Waals surface area contributed by atoms with Gasteiger partial charge in [-0.2, -0.15) is 26.3 Å². The number of hydrogen-bond donors (Lipinski definition) is 1. The summed E-state index contributed by atoms with van der Waals surface area (Å²) in [5.74, 6) is -2.80. The highest BCUT2D eigenvalue weighted by molar-refractivity contribution is 7.99. The Bertz CT molecular complexity index is 511. The van der Waals surface area contributed by atoms with Crippen LogP contribution in [0.2, 0.25) is 5.02 Å². The number of nitrogens with zero attached hydrogens (tertiary/aromatic N) is 1. The zero-order chi connectivity index (χ0) is 15.6. The fourth-order valence-electron chi connectivity index (χ4n) is 1.03. The van der Waals surface area contributed by atoms with Crippen LogP contribution in [0, 0.1) is 0 Å². The topological polar surface area (TPSA) is 38.4 Å². The molecule has 0 amide bonds. The highest BCUT2D eigenvalue weighted by Gasteiger charge is 2.33. The summed E-state index contributed by atoms with van der Waals surface area (Å²) in [4.78, 5) is 3.07. The van der Waals surface area contributed by atoms with Crippen LogP contribution < -0.4 is 5.73 Å². The van der Waals surface area contributed by atoms with Crippen molar-refractivity contribution >= 4 is 34.9 Å². The Morgan fingerprint density at radius 1 is 1.20 bits per heavy atom. The van der Waals surface area contributed by atoms with Gasteiger partial charge in [-0.25, -0.2) is 4.99 Å². The van der Waals surface area contributed by atoms with Crippen LogP contribution in [0.3, 0.4) is 0 Å². The van der Waals surface area contributed by atoms with Crippen LogP contribution in [0.25, 0.3) is 0 Å². The molecule has 2 N–H and O–H groups in total. The van der Waals surface area contributed by atoms with E-state index in [0.29, 0.717) is 11.8 Å². The molecule has 0 aliphatic heterocycles. The quantitative estimate of drug-likeness (QED) is 0.381. The average Bonchev–Trinajstić information content (AvgIpc) is 2.27. The molecule has 0 aliphatic rings. The lowest BCUT2D eigenvalue weighted by Gasteiger charge is -2.09. The van der Waals surface area contributed by atoms with E-state index in [1.54, 1.807) is 0 Å². The van der Waals surface area contributed by atoms with Crippen LogP contribution in [0.15, 0.2) is 28.1 Å². The molecule has 0 fully saturated rings. The molecule has 0 spiro atoms. The average molecular weight is 337 g/mol. The first-order chi connectivity index (χ1) is 8.99. The number of aliphatic imine (C=N–C) groups is 1. The summed E-state index contributed by atoms with van der Waals surface area (Å²) < 4.78 is 72.8. The number of halogens is 7. The monoisotopic (exact) mass is 336 g/mol. The third-order valence-electron chi connectivity index (χ3n) is 1.85. The predicted molar refractivity (Wildman–Crippen MR) is 65.6 cm³/mol. The van der Waals surface area contributed by atoms with Gasteiger partial charge in [0.15, 0.2) is 0 Å². The SMILES string of the molecule is N/C(=N/c1ccc(Cl)c(SCC(F)(F)F)c1)C(F)(F)F. The second kappa shape index (κ2) is 6.13. The molecule has 0 bridgehead atoms. The lowest BCUT2D eigenvalue weighted by molar-refractivity contribution is -0.105. The number of rotatable bonds is 3. The van der Waals surface area contributed by atoms with Gasteiger partial charge in [-0.15, -0.1) is 11.8 Å². The van der Waals surface area contributed by atoms with Crippen LogP contribution in [-0.2, 0) is 0 Å². The summed E-state index contributed by atoms with van der Waals surface area (Å²) in [6.07, 6.45) is -9.23. The molecule has 20 heavy (non-hydrogen) atoms. The summed E-state index contributed by atoms with van der Waals surface area (Å²) in [6.45, 7) is 0. The highest BCUT2D eigenvalue weighted by atomic mass is 35.5. The van der Waals surface area contributed by atoms with Crippen molar-refractivity contribution in [2.75, 3.05) is 5.75 Å². The van der Waals surface area contributed by atoms with Gasteiger partial charge in [-0.3, -0.25) is 0 Å². The van der Waals surface area contributed by atoms with E-state index in [2.05, 4.69) is 4.99 Å². The van der Waals surface area contributed by atoms with E-state index in [-0.39, 0.29) is 15.6 Å². The Hall–Kier alpha value is -1.09. The molecule has 2 nitrogen and oxygen atoms in total. The molecule has 0 atom stereocenters. The minimum Gasteiger partial charge on any atom is -0.380 e. The molecule has 0 saturated carbocycles. The van der Waals surface area contributed by atoms with Crippen LogP contribution in [0.4, 0.5) is 32.0 Å². The summed E-state index contributed by atoms with van der Waals surface area (Å²) in [6, 6.07) is 3.29. The molecule has 1 aromatic carbocycles. The molecule has 10 heteroatoms. The van der Waals surface area contributed by atoms with E-state index in [4.69, 9.17) is 17.3 Å². The van der Waals surface area contributed by atoms with Crippen LogP contribution in [-0.4, -0.2) is 23.9 Å². The highest BCUT2D eigenvalue weighted by Crippen LogP contribution is 2.34. The van der Waals surface area contributed by atoms with Crippen LogP contribution in [0.1, 0.15) is 0 Å². The molecular formula is C10H7ClF6N2S. The molecule has 1 aromatic rings. The van der Waals surface area contributed by atoms with Crippen molar-refractivity contribution in [2.45, 2.75) is 17.2 Å². The van der Waals surface area contributed by atoms with Crippen molar-refractivity contribution in [1.82, 2.24) is 0 Å². The number of hydrogen-bond acceptors (Lipinski definition) is 2. The largest absolute Gasteiger partial charge is 0.448 e. The Morgan fingerprint density at radius 2 is 1.80 bits per heavy atom. The van der Waals surface area contributed by atoms with Gasteiger partial charge in [0.05, 0.1) is 16.5 Å². The molecule has 0 aromatic heterocycles. The Labute approximate surface area is 119 Å². The maximum absolute atomic E-state index is 12.2. The van der Waals surface area contributed by atoms with Crippen molar-refractivity contribution in [3.63, 3.8) is 0 Å². The predicted octanol–water partition coefficient (Wildman–Crippen LogP) is 4.55. The van der Waals surface area contributed by atoms with Gasteiger partial charge < -0.3 is 5.73 Å². The zero-order valence-electron chi connectivity index (χ0n) is 9.52. The fraction of sp³-hybridized carbons (Fsp3) is 0.300. The van der Waals surface area contributed by atoms with E-state index in [1.807, 2.05) is 0 Å². The fourth-order valence-corrected chi connectivity index (χ4v) is 2.04. The van der Waals surface area contributed by atoms with Crippen molar-refractivity contribution in [3.05, 3.63) is 23.2 Å². The van der Waals surface area contributed by atoms with Crippen LogP contribution in [0.5, 0.6) is 0 Å². The minimum absolute atomic E-state index is 0.0104. The van der Waals surface area contributed by atoms with Crippen molar-refractivity contribution < 1.29 is 26.3 Å². The Kier molecular flexibility index (Phi) is 5.20. The number of thioether (sulfide) groups is 1. The standard InChI is InChI=1S/C10H7ClF6N2S/c11-6-2-1-5(19-8(18)10(15,16)17)3-7(6)20-4-9(12,13)14/h1-3H,4H2,(H2,18,19). The molecule has 112 valence electrons. The molecule has 0 unspecified atom stereocenters. The molecule has 1 rings (SSSR count). The summed E-state index contributed by atoms with van der Waals surface area (Å²) in [7, 11) is 0.